The molecule has 146 valence electrons. The van der Waals surface area contributed by atoms with Gasteiger partial charge in [0.25, 0.3) is 5.91 Å². The van der Waals surface area contributed by atoms with Crippen molar-refractivity contribution in [3.05, 3.63) is 29.8 Å². The first-order valence-electron chi connectivity index (χ1n) is 9.81. The number of benzene rings is 1. The van der Waals surface area contributed by atoms with E-state index in [4.69, 9.17) is 14.7 Å². The normalized spacial score (nSPS) is 27.2. The van der Waals surface area contributed by atoms with Crippen molar-refractivity contribution in [1.82, 2.24) is 9.80 Å². The van der Waals surface area contributed by atoms with Crippen LogP contribution >= 0.6 is 0 Å². The smallest absolute Gasteiger partial charge is 0.263 e. The highest BCUT2D eigenvalue weighted by molar-refractivity contribution is 5.81. The van der Waals surface area contributed by atoms with Crippen molar-refractivity contribution in [3.8, 4) is 11.8 Å². The lowest BCUT2D eigenvalue weighted by molar-refractivity contribution is -0.139. The standard InChI is InChI=1S/C21H29N3O3/c1-15-12-23(13-16(2)26-15)14-19-5-4-10-24(19)21(25)17(3)27-20-8-6-18(11-22)7-9-20/h6-9,15-17,19H,4-5,10,12-14H2,1-3H3/t15-,16-,17-,19+/m1/s1. The third-order valence-corrected chi connectivity index (χ3v) is 5.27. The number of hydrogen-bond donors (Lipinski definition) is 0. The number of ether oxygens (including phenoxy) is 2. The van der Waals surface area contributed by atoms with E-state index in [1.807, 2.05) is 4.90 Å². The Morgan fingerprint density at radius 1 is 1.30 bits per heavy atom. The molecule has 4 atom stereocenters. The molecule has 2 heterocycles. The van der Waals surface area contributed by atoms with Crippen LogP contribution in [0.2, 0.25) is 0 Å². The van der Waals surface area contributed by atoms with Crippen molar-refractivity contribution in [2.75, 3.05) is 26.2 Å². The minimum Gasteiger partial charge on any atom is -0.481 e. The molecular formula is C21H29N3O3. The van der Waals surface area contributed by atoms with E-state index in [1.165, 1.54) is 0 Å². The van der Waals surface area contributed by atoms with Crippen molar-refractivity contribution in [3.63, 3.8) is 0 Å². The molecule has 0 saturated carbocycles. The van der Waals surface area contributed by atoms with Crippen LogP contribution in [0.1, 0.15) is 39.2 Å². The molecule has 1 aromatic carbocycles. The Labute approximate surface area is 161 Å². The van der Waals surface area contributed by atoms with Crippen molar-refractivity contribution in [1.29, 1.82) is 5.26 Å². The Balaban J connectivity index is 1.58. The molecular weight excluding hydrogens is 342 g/mol. The minimum atomic E-state index is -0.541. The fourth-order valence-electron chi connectivity index (χ4n) is 4.14. The molecule has 27 heavy (non-hydrogen) atoms. The number of rotatable bonds is 5. The quantitative estimate of drug-likeness (QED) is 0.795. The average Bonchev–Trinajstić information content (AvgIpc) is 3.08. The molecule has 0 aliphatic carbocycles. The molecule has 0 aromatic heterocycles. The Morgan fingerprint density at radius 3 is 2.59 bits per heavy atom. The largest absolute Gasteiger partial charge is 0.481 e. The molecule has 3 rings (SSSR count). The highest BCUT2D eigenvalue weighted by Crippen LogP contribution is 2.23. The van der Waals surface area contributed by atoms with Gasteiger partial charge in [0.05, 0.1) is 23.8 Å². The number of hydrogen-bond acceptors (Lipinski definition) is 5. The summed E-state index contributed by atoms with van der Waals surface area (Å²) in [7, 11) is 0. The van der Waals surface area contributed by atoms with Gasteiger partial charge in [0.2, 0.25) is 0 Å². The van der Waals surface area contributed by atoms with Crippen LogP contribution in [0.4, 0.5) is 0 Å². The van der Waals surface area contributed by atoms with Gasteiger partial charge in [0, 0.05) is 32.2 Å². The van der Waals surface area contributed by atoms with E-state index in [0.717, 1.165) is 39.0 Å². The molecule has 1 aromatic rings. The van der Waals surface area contributed by atoms with Gasteiger partial charge in [-0.2, -0.15) is 5.26 Å². The van der Waals surface area contributed by atoms with E-state index in [0.29, 0.717) is 11.3 Å². The summed E-state index contributed by atoms with van der Waals surface area (Å²) in [5, 5.41) is 8.88. The average molecular weight is 371 g/mol. The molecule has 0 N–H and O–H groups in total. The van der Waals surface area contributed by atoms with Crippen molar-refractivity contribution >= 4 is 5.91 Å². The fraction of sp³-hybridized carbons (Fsp3) is 0.619. The van der Waals surface area contributed by atoms with E-state index in [1.54, 1.807) is 31.2 Å². The monoisotopic (exact) mass is 371 g/mol. The second-order valence-electron chi connectivity index (χ2n) is 7.70. The number of morpholine rings is 1. The Morgan fingerprint density at radius 2 is 1.96 bits per heavy atom. The zero-order valence-electron chi connectivity index (χ0n) is 16.4. The third-order valence-electron chi connectivity index (χ3n) is 5.27. The Kier molecular flexibility index (Phi) is 6.35. The van der Waals surface area contributed by atoms with Crippen LogP contribution in [0.3, 0.4) is 0 Å². The Hall–Kier alpha value is -2.10. The maximum absolute atomic E-state index is 13.0. The van der Waals surface area contributed by atoms with Crippen molar-refractivity contribution in [2.45, 2.75) is 58.0 Å². The maximum Gasteiger partial charge on any atom is 0.263 e. The van der Waals surface area contributed by atoms with Gasteiger partial charge < -0.3 is 14.4 Å². The molecule has 2 aliphatic rings. The summed E-state index contributed by atoms with van der Waals surface area (Å²) in [6.07, 6.45) is 2.00. The van der Waals surface area contributed by atoms with Crippen LogP contribution in [0.5, 0.6) is 5.75 Å². The highest BCUT2D eigenvalue weighted by Gasteiger charge is 2.34. The van der Waals surface area contributed by atoms with E-state index in [9.17, 15) is 4.79 Å². The topological polar surface area (TPSA) is 65.8 Å². The zero-order chi connectivity index (χ0) is 19.4. The van der Waals surface area contributed by atoms with Gasteiger partial charge in [-0.25, -0.2) is 0 Å². The summed E-state index contributed by atoms with van der Waals surface area (Å²) in [6.45, 7) is 9.53. The molecule has 1 amide bonds. The highest BCUT2D eigenvalue weighted by atomic mass is 16.5. The summed E-state index contributed by atoms with van der Waals surface area (Å²) in [5.74, 6) is 0.651. The van der Waals surface area contributed by atoms with E-state index >= 15 is 0 Å². The first-order chi connectivity index (χ1) is 13.0. The molecule has 6 heteroatoms. The van der Waals surface area contributed by atoms with Crippen LogP contribution < -0.4 is 4.74 Å². The Bertz CT molecular complexity index is 675. The molecule has 2 aliphatic heterocycles. The van der Waals surface area contributed by atoms with E-state index in [-0.39, 0.29) is 24.2 Å². The maximum atomic E-state index is 13.0. The van der Waals surface area contributed by atoms with E-state index in [2.05, 4.69) is 24.8 Å². The molecule has 0 bridgehead atoms. The first kappa shape index (κ1) is 19.7. The molecule has 0 radical (unpaired) electrons. The lowest BCUT2D eigenvalue weighted by atomic mass is 10.1. The number of nitrogens with zero attached hydrogens (tertiary/aromatic N) is 3. The lowest BCUT2D eigenvalue weighted by Gasteiger charge is -2.38. The molecule has 0 spiro atoms. The van der Waals surface area contributed by atoms with Gasteiger partial charge in [-0.3, -0.25) is 9.69 Å². The van der Waals surface area contributed by atoms with E-state index < -0.39 is 6.10 Å². The van der Waals surface area contributed by atoms with Gasteiger partial charge in [-0.05, 0) is 57.9 Å². The van der Waals surface area contributed by atoms with Crippen molar-refractivity contribution in [2.24, 2.45) is 0 Å². The molecule has 2 saturated heterocycles. The van der Waals surface area contributed by atoms with Crippen LogP contribution in [0.25, 0.3) is 0 Å². The predicted molar refractivity (Wildman–Crippen MR) is 102 cm³/mol. The number of likely N-dealkylation sites (tertiary alicyclic amines) is 1. The fourth-order valence-corrected chi connectivity index (χ4v) is 4.14. The number of carbonyl (C=O) groups is 1. The number of carbonyl (C=O) groups excluding carboxylic acids is 1. The zero-order valence-corrected chi connectivity index (χ0v) is 16.4. The lowest BCUT2D eigenvalue weighted by Crippen LogP contribution is -2.52. The first-order valence-corrected chi connectivity index (χ1v) is 9.81. The number of amides is 1. The SMILES string of the molecule is C[C@@H]1CN(C[C@@H]2CCCN2C(=O)[C@@H](C)Oc2ccc(C#N)cc2)C[C@@H](C)O1. The van der Waals surface area contributed by atoms with Gasteiger partial charge >= 0.3 is 0 Å². The summed E-state index contributed by atoms with van der Waals surface area (Å²) in [5.41, 5.74) is 0.579. The molecule has 0 unspecified atom stereocenters. The van der Waals surface area contributed by atoms with Crippen LogP contribution in [-0.4, -0.2) is 66.2 Å². The number of nitriles is 1. The second kappa shape index (κ2) is 8.73. The molecule has 6 nitrogen and oxygen atoms in total. The summed E-state index contributed by atoms with van der Waals surface area (Å²) < 4.78 is 11.6. The summed E-state index contributed by atoms with van der Waals surface area (Å²) >= 11 is 0. The van der Waals surface area contributed by atoms with Crippen LogP contribution in [0.15, 0.2) is 24.3 Å². The van der Waals surface area contributed by atoms with Gasteiger partial charge in [0.1, 0.15) is 5.75 Å². The third kappa shape index (κ3) is 5.00. The van der Waals surface area contributed by atoms with Crippen LogP contribution in [0, 0.1) is 11.3 Å². The summed E-state index contributed by atoms with van der Waals surface area (Å²) in [6, 6.07) is 9.19. The van der Waals surface area contributed by atoms with Gasteiger partial charge in [0.15, 0.2) is 6.10 Å². The van der Waals surface area contributed by atoms with Crippen molar-refractivity contribution < 1.29 is 14.3 Å². The second-order valence-corrected chi connectivity index (χ2v) is 7.70. The predicted octanol–water partition coefficient (Wildman–Crippen LogP) is 2.43. The minimum absolute atomic E-state index is 0.0382. The molecule has 2 fully saturated rings. The van der Waals surface area contributed by atoms with Gasteiger partial charge in [-0.15, -0.1) is 0 Å². The van der Waals surface area contributed by atoms with Crippen LogP contribution in [-0.2, 0) is 9.53 Å². The van der Waals surface area contributed by atoms with Gasteiger partial charge in [-0.1, -0.05) is 0 Å². The summed E-state index contributed by atoms with van der Waals surface area (Å²) in [4.78, 5) is 17.4.